The van der Waals surface area contributed by atoms with Crippen LogP contribution in [0, 0.1) is 13.8 Å². The molecule has 5 nitrogen and oxygen atoms in total. The fourth-order valence-electron chi connectivity index (χ4n) is 2.06. The van der Waals surface area contributed by atoms with Crippen LogP contribution in [0.1, 0.15) is 27.9 Å². The number of ether oxygens (including phenoxy) is 1. The number of rotatable bonds is 6. The highest BCUT2D eigenvalue weighted by atomic mass is 32.2. The van der Waals surface area contributed by atoms with Crippen molar-refractivity contribution in [1.29, 1.82) is 0 Å². The van der Waals surface area contributed by atoms with Gasteiger partial charge < -0.3 is 10.5 Å². The fourth-order valence-corrected chi connectivity index (χ4v) is 2.74. The van der Waals surface area contributed by atoms with E-state index in [1.165, 1.54) is 7.11 Å². The molecule has 0 aliphatic carbocycles. The highest BCUT2D eigenvalue weighted by Gasteiger charge is 2.23. The van der Waals surface area contributed by atoms with E-state index in [1.54, 1.807) is 6.07 Å². The summed E-state index contributed by atoms with van der Waals surface area (Å²) in [5.74, 6) is 0.0814. The zero-order valence-corrected chi connectivity index (χ0v) is 13.1. The van der Waals surface area contributed by atoms with Crippen LogP contribution in [0.4, 0.5) is 0 Å². The maximum Gasteiger partial charge on any atom is 0.183 e. The van der Waals surface area contributed by atoms with E-state index in [0.29, 0.717) is 11.3 Å². The number of sulfone groups is 1. The Morgan fingerprint density at radius 3 is 2.45 bits per heavy atom. The molecule has 0 radical (unpaired) electrons. The predicted molar refractivity (Wildman–Crippen MR) is 79.1 cm³/mol. The van der Waals surface area contributed by atoms with E-state index in [-0.39, 0.29) is 18.0 Å². The summed E-state index contributed by atoms with van der Waals surface area (Å²) in [6.45, 7) is 3.72. The van der Waals surface area contributed by atoms with Crippen molar-refractivity contribution in [3.63, 3.8) is 0 Å². The molecule has 1 aromatic carbocycles. The molecule has 0 heterocycles. The first-order valence-corrected chi connectivity index (χ1v) is 8.34. The Balaban J connectivity index is 3.03. The van der Waals surface area contributed by atoms with Crippen molar-refractivity contribution >= 4 is 15.6 Å². The highest BCUT2D eigenvalue weighted by Crippen LogP contribution is 2.25. The number of hydrogen-bond acceptors (Lipinski definition) is 5. The maximum absolute atomic E-state index is 12.4. The number of carbonyl (C=O) groups excluding carboxylic acids is 1. The summed E-state index contributed by atoms with van der Waals surface area (Å²) in [6.07, 6.45) is 1.23. The summed E-state index contributed by atoms with van der Waals surface area (Å²) in [4.78, 5) is 12.4. The lowest BCUT2D eigenvalue weighted by atomic mass is 9.96. The Kier molecular flexibility index (Phi) is 5.30. The van der Waals surface area contributed by atoms with Crippen molar-refractivity contribution in [3.8, 4) is 5.75 Å². The van der Waals surface area contributed by atoms with E-state index in [2.05, 4.69) is 0 Å². The zero-order chi connectivity index (χ0) is 15.5. The number of Topliss-reactive ketones (excluding diaryl/α,β-unsaturated/α-hetero) is 1. The number of ketones is 1. The van der Waals surface area contributed by atoms with E-state index in [4.69, 9.17) is 10.5 Å². The number of nitrogens with two attached hydrogens (primary N) is 1. The molecule has 0 aliphatic rings. The first-order valence-electron chi connectivity index (χ1n) is 6.28. The molecule has 0 saturated carbocycles. The van der Waals surface area contributed by atoms with E-state index in [9.17, 15) is 13.2 Å². The second kappa shape index (κ2) is 6.37. The van der Waals surface area contributed by atoms with Crippen molar-refractivity contribution in [3.05, 3.63) is 28.8 Å². The van der Waals surface area contributed by atoms with Gasteiger partial charge in [0.25, 0.3) is 0 Å². The van der Waals surface area contributed by atoms with Gasteiger partial charge in [0, 0.05) is 6.26 Å². The molecule has 0 spiro atoms. The summed E-state index contributed by atoms with van der Waals surface area (Å²) >= 11 is 0. The summed E-state index contributed by atoms with van der Waals surface area (Å²) in [5.41, 5.74) is 8.01. The van der Waals surface area contributed by atoms with Crippen LogP contribution in [-0.4, -0.2) is 39.4 Å². The van der Waals surface area contributed by atoms with E-state index in [1.807, 2.05) is 19.9 Å². The third-order valence-corrected chi connectivity index (χ3v) is 4.02. The van der Waals surface area contributed by atoms with Crippen molar-refractivity contribution in [2.75, 3.05) is 19.1 Å². The molecule has 2 N–H and O–H groups in total. The first-order chi connectivity index (χ1) is 9.15. The molecule has 0 amide bonds. The van der Waals surface area contributed by atoms with Crippen LogP contribution in [0.25, 0.3) is 0 Å². The Morgan fingerprint density at radius 2 is 1.95 bits per heavy atom. The van der Waals surface area contributed by atoms with Gasteiger partial charge in [0.05, 0.1) is 24.5 Å². The highest BCUT2D eigenvalue weighted by molar-refractivity contribution is 7.90. The van der Waals surface area contributed by atoms with Crippen LogP contribution in [0.2, 0.25) is 0 Å². The predicted octanol–water partition coefficient (Wildman–Crippen LogP) is 1.26. The SMILES string of the molecule is COc1cc(C)cc(C)c1C(=O)C(N)CCS(C)(=O)=O. The molecule has 0 aromatic heterocycles. The average Bonchev–Trinajstić information content (AvgIpc) is 2.33. The van der Waals surface area contributed by atoms with Gasteiger partial charge >= 0.3 is 0 Å². The van der Waals surface area contributed by atoms with Crippen LogP contribution in [-0.2, 0) is 9.84 Å². The summed E-state index contributed by atoms with van der Waals surface area (Å²) in [6, 6.07) is 2.79. The monoisotopic (exact) mass is 299 g/mol. The third-order valence-electron chi connectivity index (χ3n) is 3.05. The average molecular weight is 299 g/mol. The summed E-state index contributed by atoms with van der Waals surface area (Å²) in [5, 5.41) is 0. The van der Waals surface area contributed by atoms with Crippen LogP contribution < -0.4 is 10.5 Å². The summed E-state index contributed by atoms with van der Waals surface area (Å²) < 4.78 is 27.5. The van der Waals surface area contributed by atoms with Crippen molar-refractivity contribution in [2.24, 2.45) is 5.73 Å². The molecule has 0 saturated heterocycles. The Labute approximate surface area is 120 Å². The molecule has 112 valence electrons. The van der Waals surface area contributed by atoms with Crippen LogP contribution in [0.15, 0.2) is 12.1 Å². The smallest absolute Gasteiger partial charge is 0.183 e. The Morgan fingerprint density at radius 1 is 1.35 bits per heavy atom. The molecule has 0 fully saturated rings. The zero-order valence-electron chi connectivity index (χ0n) is 12.3. The lowest BCUT2D eigenvalue weighted by Gasteiger charge is -2.16. The first kappa shape index (κ1) is 16.7. The molecule has 1 rings (SSSR count). The van der Waals surface area contributed by atoms with Gasteiger partial charge in [-0.15, -0.1) is 0 Å². The molecule has 6 heteroatoms. The fraction of sp³-hybridized carbons (Fsp3) is 0.500. The van der Waals surface area contributed by atoms with Gasteiger partial charge in [0.2, 0.25) is 0 Å². The minimum atomic E-state index is -3.13. The van der Waals surface area contributed by atoms with E-state index < -0.39 is 15.9 Å². The van der Waals surface area contributed by atoms with Gasteiger partial charge in [0.15, 0.2) is 5.78 Å². The van der Waals surface area contributed by atoms with Crippen LogP contribution >= 0.6 is 0 Å². The van der Waals surface area contributed by atoms with Gasteiger partial charge in [0.1, 0.15) is 15.6 Å². The molecule has 1 atom stereocenters. The van der Waals surface area contributed by atoms with Crippen molar-refractivity contribution in [1.82, 2.24) is 0 Å². The number of hydrogen-bond donors (Lipinski definition) is 1. The largest absolute Gasteiger partial charge is 0.496 e. The van der Waals surface area contributed by atoms with Crippen molar-refractivity contribution < 1.29 is 17.9 Å². The second-order valence-corrected chi connectivity index (χ2v) is 7.31. The third kappa shape index (κ3) is 4.31. The van der Waals surface area contributed by atoms with Crippen LogP contribution in [0.3, 0.4) is 0 Å². The van der Waals surface area contributed by atoms with Gasteiger partial charge in [-0.05, 0) is 37.5 Å². The standard InChI is InChI=1S/C14H21NO4S/c1-9-7-10(2)13(12(8-9)19-3)14(16)11(15)5-6-20(4,17)18/h7-8,11H,5-6,15H2,1-4H3. The molecule has 0 bridgehead atoms. The van der Waals surface area contributed by atoms with E-state index >= 15 is 0 Å². The van der Waals surface area contributed by atoms with Crippen LogP contribution in [0.5, 0.6) is 5.75 Å². The van der Waals surface area contributed by atoms with Gasteiger partial charge in [-0.2, -0.15) is 0 Å². The molecule has 0 aliphatic heterocycles. The maximum atomic E-state index is 12.4. The molecular weight excluding hydrogens is 278 g/mol. The molecule has 20 heavy (non-hydrogen) atoms. The quantitative estimate of drug-likeness (QED) is 0.799. The molecular formula is C14H21NO4S. The second-order valence-electron chi connectivity index (χ2n) is 5.05. The Bertz CT molecular complexity index is 608. The number of methoxy groups -OCH3 is 1. The number of carbonyl (C=O) groups is 1. The summed E-state index contributed by atoms with van der Waals surface area (Å²) in [7, 11) is -1.64. The van der Waals surface area contributed by atoms with Crippen molar-refractivity contribution in [2.45, 2.75) is 26.3 Å². The number of benzene rings is 1. The lowest BCUT2D eigenvalue weighted by molar-refractivity contribution is 0.0956. The van der Waals surface area contributed by atoms with Gasteiger partial charge in [-0.1, -0.05) is 6.07 Å². The van der Waals surface area contributed by atoms with Gasteiger partial charge in [-0.25, -0.2) is 8.42 Å². The number of aryl methyl sites for hydroxylation is 2. The van der Waals surface area contributed by atoms with Gasteiger partial charge in [-0.3, -0.25) is 4.79 Å². The minimum absolute atomic E-state index is 0.104. The Hall–Kier alpha value is -1.40. The molecule has 1 unspecified atom stereocenters. The normalized spacial score (nSPS) is 13.1. The minimum Gasteiger partial charge on any atom is -0.496 e. The van der Waals surface area contributed by atoms with E-state index in [0.717, 1.165) is 17.4 Å². The topological polar surface area (TPSA) is 86.5 Å². The molecule has 1 aromatic rings. The lowest BCUT2D eigenvalue weighted by Crippen LogP contribution is -2.33.